The van der Waals surface area contributed by atoms with Crippen molar-refractivity contribution in [3.63, 3.8) is 0 Å². The van der Waals surface area contributed by atoms with E-state index in [2.05, 4.69) is 15.9 Å². The molecule has 0 aliphatic carbocycles. The van der Waals surface area contributed by atoms with E-state index in [9.17, 15) is 4.39 Å². The van der Waals surface area contributed by atoms with Crippen molar-refractivity contribution in [3.8, 4) is 0 Å². The lowest BCUT2D eigenvalue weighted by molar-refractivity contribution is 0.625. The van der Waals surface area contributed by atoms with Crippen molar-refractivity contribution < 1.29 is 4.39 Å². The van der Waals surface area contributed by atoms with E-state index in [1.54, 1.807) is 6.07 Å². The molecule has 0 fully saturated rings. The van der Waals surface area contributed by atoms with Gasteiger partial charge in [-0.1, -0.05) is 52.3 Å². The Morgan fingerprint density at radius 1 is 1.11 bits per heavy atom. The van der Waals surface area contributed by atoms with Gasteiger partial charge in [0.2, 0.25) is 0 Å². The van der Waals surface area contributed by atoms with E-state index < -0.39 is 0 Å². The highest BCUT2D eigenvalue weighted by molar-refractivity contribution is 9.10. The number of hydrogen-bond acceptors (Lipinski definition) is 0. The molecule has 0 saturated carbocycles. The summed E-state index contributed by atoms with van der Waals surface area (Å²) in [5, 5.41) is -0.0110. The van der Waals surface area contributed by atoms with E-state index in [1.165, 1.54) is 12.1 Å². The predicted molar refractivity (Wildman–Crippen MR) is 77.5 cm³/mol. The largest absolute Gasteiger partial charge is 0.207 e. The highest BCUT2D eigenvalue weighted by Crippen LogP contribution is 2.27. The fourth-order valence-corrected chi connectivity index (χ4v) is 2.64. The molecule has 1 unspecified atom stereocenters. The molecule has 0 nitrogen and oxygen atoms in total. The lowest BCUT2D eigenvalue weighted by Crippen LogP contribution is -1.95. The molecule has 0 aliphatic rings. The van der Waals surface area contributed by atoms with Gasteiger partial charge in [0.1, 0.15) is 5.82 Å². The zero-order valence-electron chi connectivity index (χ0n) is 9.74. The molecule has 0 aliphatic heterocycles. The second-order valence-electron chi connectivity index (χ2n) is 4.15. The first-order valence-corrected chi connectivity index (χ1v) is 7.02. The van der Waals surface area contributed by atoms with Gasteiger partial charge in [-0.2, -0.15) is 0 Å². The second-order valence-corrected chi connectivity index (χ2v) is 5.53. The fraction of sp³-hybridized carbons (Fsp3) is 0.200. The average molecular weight is 328 g/mol. The van der Waals surface area contributed by atoms with Crippen LogP contribution in [-0.2, 0) is 6.42 Å². The number of halogens is 3. The molecule has 2 rings (SSSR count). The summed E-state index contributed by atoms with van der Waals surface area (Å²) in [7, 11) is 0. The zero-order valence-corrected chi connectivity index (χ0v) is 12.1. The molecule has 0 saturated heterocycles. The van der Waals surface area contributed by atoms with Crippen LogP contribution in [0.3, 0.4) is 0 Å². The van der Waals surface area contributed by atoms with Crippen LogP contribution in [0.1, 0.15) is 22.9 Å². The number of aryl methyl sites for hydroxylation is 1. The van der Waals surface area contributed by atoms with Gasteiger partial charge in [-0.05, 0) is 36.1 Å². The van der Waals surface area contributed by atoms with Gasteiger partial charge in [-0.15, -0.1) is 11.6 Å². The quantitative estimate of drug-likeness (QED) is 0.650. The molecule has 0 spiro atoms. The third-order valence-electron chi connectivity index (χ3n) is 2.84. The Hall–Kier alpha value is -0.860. The molecule has 0 bridgehead atoms. The highest BCUT2D eigenvalue weighted by Gasteiger charge is 2.09. The lowest BCUT2D eigenvalue weighted by Gasteiger charge is -2.10. The summed E-state index contributed by atoms with van der Waals surface area (Å²) < 4.78 is 13.8. The van der Waals surface area contributed by atoms with Crippen LogP contribution < -0.4 is 0 Å². The van der Waals surface area contributed by atoms with E-state index in [-0.39, 0.29) is 11.2 Å². The summed E-state index contributed by atoms with van der Waals surface area (Å²) in [6.07, 6.45) is 1.65. The van der Waals surface area contributed by atoms with E-state index in [4.69, 9.17) is 11.6 Å². The summed E-state index contributed by atoms with van der Waals surface area (Å²) in [6.45, 7) is 0. The third-order valence-corrected chi connectivity index (χ3v) is 4.05. The SMILES string of the molecule is Fc1ccc(CCC(Cl)c2ccccc2)c(Br)c1. The minimum absolute atomic E-state index is 0.0110. The Labute approximate surface area is 120 Å². The Balaban J connectivity index is 1.99. The molecule has 94 valence electrons. The van der Waals surface area contributed by atoms with Crippen LogP contribution in [0.15, 0.2) is 53.0 Å². The van der Waals surface area contributed by atoms with Gasteiger partial charge in [0.05, 0.1) is 5.38 Å². The predicted octanol–water partition coefficient (Wildman–Crippen LogP) is 5.50. The number of alkyl halides is 1. The molecule has 0 radical (unpaired) electrons. The van der Waals surface area contributed by atoms with Crippen LogP contribution in [0.25, 0.3) is 0 Å². The Bertz CT molecular complexity index is 513. The maximum atomic E-state index is 13.0. The topological polar surface area (TPSA) is 0 Å². The fourth-order valence-electron chi connectivity index (χ4n) is 1.84. The second kappa shape index (κ2) is 6.35. The molecule has 0 amide bonds. The monoisotopic (exact) mass is 326 g/mol. The van der Waals surface area contributed by atoms with Crippen LogP contribution in [0.5, 0.6) is 0 Å². The molecule has 18 heavy (non-hydrogen) atoms. The Morgan fingerprint density at radius 2 is 1.83 bits per heavy atom. The van der Waals surface area contributed by atoms with Gasteiger partial charge in [0.25, 0.3) is 0 Å². The van der Waals surface area contributed by atoms with Gasteiger partial charge in [-0.3, -0.25) is 0 Å². The highest BCUT2D eigenvalue weighted by atomic mass is 79.9. The summed E-state index contributed by atoms with van der Waals surface area (Å²) in [5.74, 6) is -0.226. The Morgan fingerprint density at radius 3 is 2.50 bits per heavy atom. The molecule has 0 N–H and O–H groups in total. The first kappa shape index (κ1) is 13.6. The molecule has 0 aromatic heterocycles. The van der Waals surface area contributed by atoms with Crippen LogP contribution in [-0.4, -0.2) is 0 Å². The van der Waals surface area contributed by atoms with Crippen LogP contribution in [0.2, 0.25) is 0 Å². The van der Waals surface area contributed by atoms with Crippen molar-refractivity contribution in [1.29, 1.82) is 0 Å². The summed E-state index contributed by atoms with van der Waals surface area (Å²) in [5.41, 5.74) is 2.20. The van der Waals surface area contributed by atoms with Crippen molar-refractivity contribution in [1.82, 2.24) is 0 Å². The van der Waals surface area contributed by atoms with Gasteiger partial charge in [0.15, 0.2) is 0 Å². The molecular formula is C15H13BrClF. The first-order chi connectivity index (χ1) is 8.66. The summed E-state index contributed by atoms with van der Waals surface area (Å²) in [6, 6.07) is 14.8. The molecular weight excluding hydrogens is 315 g/mol. The minimum atomic E-state index is -0.226. The van der Waals surface area contributed by atoms with E-state index >= 15 is 0 Å². The maximum Gasteiger partial charge on any atom is 0.124 e. The van der Waals surface area contributed by atoms with Crippen molar-refractivity contribution in [2.45, 2.75) is 18.2 Å². The molecule has 2 aromatic rings. The third kappa shape index (κ3) is 3.56. The molecule has 2 aromatic carbocycles. The lowest BCUT2D eigenvalue weighted by atomic mass is 10.0. The van der Waals surface area contributed by atoms with Gasteiger partial charge in [-0.25, -0.2) is 4.39 Å². The van der Waals surface area contributed by atoms with Crippen molar-refractivity contribution in [3.05, 3.63) is 69.9 Å². The van der Waals surface area contributed by atoms with E-state index in [0.29, 0.717) is 0 Å². The van der Waals surface area contributed by atoms with Gasteiger partial charge < -0.3 is 0 Å². The van der Waals surface area contributed by atoms with Gasteiger partial charge >= 0.3 is 0 Å². The minimum Gasteiger partial charge on any atom is -0.207 e. The van der Waals surface area contributed by atoms with E-state index in [1.807, 2.05) is 30.3 Å². The van der Waals surface area contributed by atoms with Crippen molar-refractivity contribution >= 4 is 27.5 Å². The van der Waals surface area contributed by atoms with Crippen LogP contribution >= 0.6 is 27.5 Å². The van der Waals surface area contributed by atoms with Crippen molar-refractivity contribution in [2.75, 3.05) is 0 Å². The van der Waals surface area contributed by atoms with E-state index in [0.717, 1.165) is 28.4 Å². The first-order valence-electron chi connectivity index (χ1n) is 5.80. The van der Waals surface area contributed by atoms with Gasteiger partial charge in [0, 0.05) is 4.47 Å². The van der Waals surface area contributed by atoms with Crippen molar-refractivity contribution in [2.24, 2.45) is 0 Å². The standard InChI is InChI=1S/C15H13BrClF/c16-14-10-13(18)8-6-11(14)7-9-15(17)12-4-2-1-3-5-12/h1-6,8,10,15H,7,9H2. The molecule has 0 heterocycles. The number of rotatable bonds is 4. The summed E-state index contributed by atoms with van der Waals surface area (Å²) >= 11 is 9.72. The Kier molecular flexibility index (Phi) is 4.79. The average Bonchev–Trinajstić information content (AvgIpc) is 2.38. The zero-order chi connectivity index (χ0) is 13.0. The normalized spacial score (nSPS) is 12.4. The summed E-state index contributed by atoms with van der Waals surface area (Å²) in [4.78, 5) is 0. The number of benzene rings is 2. The van der Waals surface area contributed by atoms with Crippen LogP contribution in [0, 0.1) is 5.82 Å². The van der Waals surface area contributed by atoms with Crippen LogP contribution in [0.4, 0.5) is 4.39 Å². The molecule has 1 atom stereocenters. The number of hydrogen-bond donors (Lipinski definition) is 0. The smallest absolute Gasteiger partial charge is 0.124 e. The molecule has 3 heteroatoms. The maximum absolute atomic E-state index is 13.0.